The van der Waals surface area contributed by atoms with Gasteiger partial charge < -0.3 is 20.5 Å². The number of primary amides is 1. The van der Waals surface area contributed by atoms with Crippen LogP contribution in [0.1, 0.15) is 48.0 Å². The van der Waals surface area contributed by atoms with Gasteiger partial charge in [0.1, 0.15) is 28.1 Å². The Labute approximate surface area is 223 Å². The molecular weight excluding hydrogens is 515 g/mol. The van der Waals surface area contributed by atoms with Crippen LogP contribution in [0.15, 0.2) is 48.8 Å². The number of nitrogens with one attached hydrogen (secondary N) is 1. The number of carbonyl (C=O) groups is 1. The summed E-state index contributed by atoms with van der Waals surface area (Å²) >= 11 is 7.21. The molecule has 1 aliphatic heterocycles. The number of fused-ring (bicyclic) bond motifs is 1. The first kappa shape index (κ1) is 25.5. The number of rotatable bonds is 8. The van der Waals surface area contributed by atoms with E-state index in [1.54, 1.807) is 29.7 Å². The second-order valence-electron chi connectivity index (χ2n) is 9.22. The summed E-state index contributed by atoms with van der Waals surface area (Å²) in [6.07, 6.45) is 3.17. The van der Waals surface area contributed by atoms with Gasteiger partial charge in [0, 0.05) is 29.1 Å². The van der Waals surface area contributed by atoms with Gasteiger partial charge in [-0.1, -0.05) is 29.8 Å². The molecule has 0 spiro atoms. The predicted molar refractivity (Wildman–Crippen MR) is 144 cm³/mol. The van der Waals surface area contributed by atoms with Crippen LogP contribution < -0.4 is 20.5 Å². The van der Waals surface area contributed by atoms with Crippen LogP contribution in [0.4, 0.5) is 4.39 Å². The zero-order chi connectivity index (χ0) is 26.1. The molecule has 0 bridgehead atoms. The number of nitrogens with two attached hydrogens (primary N) is 1. The van der Waals surface area contributed by atoms with E-state index >= 15 is 4.39 Å². The van der Waals surface area contributed by atoms with Crippen molar-refractivity contribution in [2.24, 2.45) is 11.7 Å². The van der Waals surface area contributed by atoms with Crippen molar-refractivity contribution in [2.75, 3.05) is 13.1 Å². The maximum Gasteiger partial charge on any atom is 0.262 e. The molecule has 0 saturated carbocycles. The fourth-order valence-electron chi connectivity index (χ4n) is 4.67. The molecule has 1 amide bonds. The van der Waals surface area contributed by atoms with Crippen molar-refractivity contribution in [1.29, 1.82) is 0 Å². The third-order valence-electron chi connectivity index (χ3n) is 6.71. The predicted octanol–water partition coefficient (Wildman–Crippen LogP) is 5.89. The van der Waals surface area contributed by atoms with Crippen molar-refractivity contribution < 1.29 is 18.7 Å². The van der Waals surface area contributed by atoms with Gasteiger partial charge in [-0.15, -0.1) is 11.3 Å². The highest BCUT2D eigenvalue weighted by atomic mass is 35.5. The fraction of sp³-hybridized carbons (Fsp3) is 0.333. The van der Waals surface area contributed by atoms with Crippen LogP contribution in [0.25, 0.3) is 16.0 Å². The first-order valence-electron chi connectivity index (χ1n) is 12.2. The van der Waals surface area contributed by atoms with Gasteiger partial charge in [0.05, 0.1) is 17.1 Å². The minimum absolute atomic E-state index is 0.0147. The molecule has 0 aliphatic carbocycles. The van der Waals surface area contributed by atoms with Crippen LogP contribution in [-0.2, 0) is 0 Å². The zero-order valence-electron chi connectivity index (χ0n) is 20.5. The molecule has 2 aromatic heterocycles. The number of aromatic nitrogens is 2. The number of carbonyl (C=O) groups excluding carboxylic acids is 1. The molecule has 3 heterocycles. The standard InChI is InChI=1S/C27H28ClFN4O3S/c1-15(17-6-5-11-31-13-17)35-18-9-10-21-22(12-18)33(14-32-21)27-23(29)24(25(37-27)26(30)34)36-16(2)19-7-3-4-8-20(19)28/h3-4,7-10,12,14-17,31H,5-6,11,13H2,1-2H3,(H2,30,34)/t15-,16-,17?/m1/s1. The van der Waals surface area contributed by atoms with Crippen LogP contribution in [0.5, 0.6) is 11.5 Å². The Kier molecular flexibility index (Phi) is 7.37. The highest BCUT2D eigenvalue weighted by molar-refractivity contribution is 7.16. The average Bonchev–Trinajstić information content (AvgIpc) is 3.45. The quantitative estimate of drug-likeness (QED) is 0.290. The van der Waals surface area contributed by atoms with E-state index in [0.29, 0.717) is 33.3 Å². The molecule has 37 heavy (non-hydrogen) atoms. The molecule has 7 nitrogen and oxygen atoms in total. The molecule has 2 aromatic carbocycles. The molecule has 3 atom stereocenters. The highest BCUT2D eigenvalue weighted by Crippen LogP contribution is 2.40. The van der Waals surface area contributed by atoms with Crippen molar-refractivity contribution in [2.45, 2.75) is 38.9 Å². The summed E-state index contributed by atoms with van der Waals surface area (Å²) in [5, 5.41) is 4.05. The molecule has 1 aliphatic rings. The Bertz CT molecular complexity index is 1430. The Morgan fingerprint density at radius 1 is 1.27 bits per heavy atom. The number of hydrogen-bond donors (Lipinski definition) is 2. The molecule has 0 radical (unpaired) electrons. The van der Waals surface area contributed by atoms with Gasteiger partial charge in [-0.25, -0.2) is 4.98 Å². The first-order valence-corrected chi connectivity index (χ1v) is 13.4. The molecule has 10 heteroatoms. The van der Waals surface area contributed by atoms with Gasteiger partial charge in [-0.05, 0) is 51.4 Å². The van der Waals surface area contributed by atoms with Crippen LogP contribution in [-0.4, -0.2) is 34.7 Å². The van der Waals surface area contributed by atoms with E-state index in [-0.39, 0.29) is 21.7 Å². The fourth-order valence-corrected chi connectivity index (χ4v) is 5.90. The number of piperidine rings is 1. The molecule has 1 fully saturated rings. The van der Waals surface area contributed by atoms with Crippen molar-refractivity contribution in [3.05, 3.63) is 70.1 Å². The molecule has 1 unspecified atom stereocenters. The van der Waals surface area contributed by atoms with Gasteiger partial charge in [-0.3, -0.25) is 9.36 Å². The smallest absolute Gasteiger partial charge is 0.262 e. The third kappa shape index (κ3) is 5.16. The summed E-state index contributed by atoms with van der Waals surface area (Å²) in [7, 11) is 0. The van der Waals surface area contributed by atoms with E-state index in [9.17, 15) is 4.79 Å². The Balaban J connectivity index is 1.48. The maximum absolute atomic E-state index is 15.8. The van der Waals surface area contributed by atoms with Crippen LogP contribution in [0, 0.1) is 11.7 Å². The summed E-state index contributed by atoms with van der Waals surface area (Å²) in [6, 6.07) is 12.7. The Morgan fingerprint density at radius 2 is 2.08 bits per heavy atom. The number of thiophene rings is 1. The second kappa shape index (κ2) is 10.7. The summed E-state index contributed by atoms with van der Waals surface area (Å²) in [5.41, 5.74) is 7.59. The van der Waals surface area contributed by atoms with E-state index < -0.39 is 17.8 Å². The van der Waals surface area contributed by atoms with E-state index in [2.05, 4.69) is 17.2 Å². The van der Waals surface area contributed by atoms with Gasteiger partial charge in [0.2, 0.25) is 5.82 Å². The zero-order valence-corrected chi connectivity index (χ0v) is 22.1. The van der Waals surface area contributed by atoms with E-state index in [1.165, 1.54) is 6.33 Å². The van der Waals surface area contributed by atoms with E-state index in [4.69, 9.17) is 26.8 Å². The largest absolute Gasteiger partial charge is 0.490 e. The van der Waals surface area contributed by atoms with Crippen LogP contribution >= 0.6 is 22.9 Å². The van der Waals surface area contributed by atoms with Gasteiger partial charge >= 0.3 is 0 Å². The Morgan fingerprint density at radius 3 is 2.81 bits per heavy atom. The average molecular weight is 543 g/mol. The van der Waals surface area contributed by atoms with Crippen LogP contribution in [0.3, 0.4) is 0 Å². The number of nitrogens with zero attached hydrogens (tertiary/aromatic N) is 2. The third-order valence-corrected chi connectivity index (χ3v) is 8.22. The number of halogens is 2. The summed E-state index contributed by atoms with van der Waals surface area (Å²) < 4.78 is 29.6. The minimum Gasteiger partial charge on any atom is -0.490 e. The summed E-state index contributed by atoms with van der Waals surface area (Å²) in [4.78, 5) is 16.6. The van der Waals surface area contributed by atoms with E-state index in [1.807, 2.05) is 24.3 Å². The lowest BCUT2D eigenvalue weighted by Crippen LogP contribution is -2.37. The lowest BCUT2D eigenvalue weighted by atomic mass is 9.95. The highest BCUT2D eigenvalue weighted by Gasteiger charge is 2.28. The van der Waals surface area contributed by atoms with Gasteiger partial charge in [-0.2, -0.15) is 4.39 Å². The minimum atomic E-state index is -0.778. The second-order valence-corrected chi connectivity index (χ2v) is 10.6. The number of ether oxygens (including phenoxy) is 2. The number of amides is 1. The lowest BCUT2D eigenvalue weighted by molar-refractivity contribution is 0.0997. The topological polar surface area (TPSA) is 91.4 Å². The van der Waals surface area contributed by atoms with E-state index in [0.717, 1.165) is 37.3 Å². The molecule has 5 rings (SSSR count). The maximum atomic E-state index is 15.8. The summed E-state index contributed by atoms with van der Waals surface area (Å²) in [6.45, 7) is 5.77. The van der Waals surface area contributed by atoms with Crippen molar-refractivity contribution >= 4 is 39.9 Å². The van der Waals surface area contributed by atoms with Crippen LogP contribution in [0.2, 0.25) is 5.02 Å². The number of hydrogen-bond acceptors (Lipinski definition) is 6. The molecule has 3 N–H and O–H groups in total. The van der Waals surface area contributed by atoms with Gasteiger partial charge in [0.15, 0.2) is 5.75 Å². The monoisotopic (exact) mass is 542 g/mol. The first-order chi connectivity index (χ1) is 17.8. The van der Waals surface area contributed by atoms with Crippen molar-refractivity contribution in [1.82, 2.24) is 14.9 Å². The van der Waals surface area contributed by atoms with Crippen molar-refractivity contribution in [3.63, 3.8) is 0 Å². The molecule has 1 saturated heterocycles. The van der Waals surface area contributed by atoms with Crippen molar-refractivity contribution in [3.8, 4) is 16.5 Å². The number of imidazole rings is 1. The molecule has 194 valence electrons. The summed E-state index contributed by atoms with van der Waals surface area (Å²) in [5.74, 6) is -0.581. The molecule has 4 aromatic rings. The normalized spacial score (nSPS) is 17.5. The lowest BCUT2D eigenvalue weighted by Gasteiger charge is -2.28. The SMILES string of the molecule is C[C@@H](Oc1c(C(N)=O)sc(-n2cnc3ccc(O[C@H](C)C4CCCNC4)cc32)c1F)c1ccccc1Cl. The van der Waals surface area contributed by atoms with Gasteiger partial charge in [0.25, 0.3) is 5.91 Å². The number of benzene rings is 2. The Hall–Kier alpha value is -3.14. The molecular formula is C27H28ClFN4O3S.